The average molecular weight is 344 g/mol. The summed E-state index contributed by atoms with van der Waals surface area (Å²) < 4.78 is 0. The SMILES string of the molecule is CC1=CC[CH]C=C1C(=O)[C@@H]1CCc2c(sc3ncnc(Cl)c23)C1. The van der Waals surface area contributed by atoms with Crippen LogP contribution in [0.15, 0.2) is 29.6 Å². The summed E-state index contributed by atoms with van der Waals surface area (Å²) in [6, 6.07) is 0. The minimum absolute atomic E-state index is 0.0587. The maximum atomic E-state index is 12.9. The molecule has 1 atom stereocenters. The molecular weight excluding hydrogens is 328 g/mol. The lowest BCUT2D eigenvalue weighted by Crippen LogP contribution is -2.24. The quantitative estimate of drug-likeness (QED) is 0.754. The third-order valence-electron chi connectivity index (χ3n) is 4.70. The Labute approximate surface area is 144 Å². The van der Waals surface area contributed by atoms with Crippen LogP contribution in [0.3, 0.4) is 0 Å². The number of hydrogen-bond donors (Lipinski definition) is 0. The summed E-state index contributed by atoms with van der Waals surface area (Å²) in [5.74, 6) is 0.332. The van der Waals surface area contributed by atoms with Crippen molar-refractivity contribution in [3.8, 4) is 0 Å². The number of nitrogens with zero attached hydrogens (tertiary/aromatic N) is 2. The van der Waals surface area contributed by atoms with E-state index in [1.165, 1.54) is 16.8 Å². The maximum absolute atomic E-state index is 12.9. The Hall–Kier alpha value is -1.52. The van der Waals surface area contributed by atoms with Crippen LogP contribution >= 0.6 is 22.9 Å². The normalized spacial score (nSPS) is 20.9. The van der Waals surface area contributed by atoms with Gasteiger partial charge in [0.1, 0.15) is 16.3 Å². The van der Waals surface area contributed by atoms with Gasteiger partial charge in [0, 0.05) is 16.4 Å². The van der Waals surface area contributed by atoms with Crippen LogP contribution in [0, 0.1) is 12.3 Å². The molecule has 3 nitrogen and oxygen atoms in total. The molecule has 0 N–H and O–H groups in total. The zero-order valence-electron chi connectivity index (χ0n) is 12.8. The van der Waals surface area contributed by atoms with Crippen molar-refractivity contribution in [2.45, 2.75) is 32.6 Å². The molecule has 2 aromatic heterocycles. The molecule has 2 aromatic rings. The number of carbonyl (C=O) groups excluding carboxylic acids is 1. The molecule has 1 radical (unpaired) electrons. The Morgan fingerprint density at radius 2 is 2.26 bits per heavy atom. The van der Waals surface area contributed by atoms with Crippen molar-refractivity contribution >= 4 is 38.9 Å². The molecule has 0 saturated heterocycles. The number of hydrogen-bond acceptors (Lipinski definition) is 4. The van der Waals surface area contributed by atoms with E-state index in [0.29, 0.717) is 5.15 Å². The van der Waals surface area contributed by atoms with E-state index >= 15 is 0 Å². The van der Waals surface area contributed by atoms with Crippen molar-refractivity contribution in [2.24, 2.45) is 5.92 Å². The summed E-state index contributed by atoms with van der Waals surface area (Å²) in [5, 5.41) is 1.52. The monoisotopic (exact) mass is 343 g/mol. The highest BCUT2D eigenvalue weighted by atomic mass is 35.5. The summed E-state index contributed by atoms with van der Waals surface area (Å²) in [4.78, 5) is 23.5. The second-order valence-electron chi connectivity index (χ2n) is 6.09. The van der Waals surface area contributed by atoms with E-state index in [2.05, 4.69) is 22.5 Å². The fourth-order valence-electron chi connectivity index (χ4n) is 3.46. The predicted octanol–water partition coefficient (Wildman–Crippen LogP) is 4.50. The van der Waals surface area contributed by atoms with E-state index in [1.54, 1.807) is 11.3 Å². The van der Waals surface area contributed by atoms with Crippen LogP contribution in [-0.2, 0) is 17.6 Å². The number of rotatable bonds is 2. The lowest BCUT2D eigenvalue weighted by molar-refractivity contribution is -0.119. The Kier molecular flexibility index (Phi) is 3.82. The summed E-state index contributed by atoms with van der Waals surface area (Å²) in [5.41, 5.74) is 3.23. The number of halogens is 1. The fourth-order valence-corrected chi connectivity index (χ4v) is 5.03. The van der Waals surface area contributed by atoms with Gasteiger partial charge < -0.3 is 0 Å². The van der Waals surface area contributed by atoms with Gasteiger partial charge in [0.15, 0.2) is 5.78 Å². The molecule has 5 heteroatoms. The number of allylic oxidation sites excluding steroid dienone is 4. The maximum Gasteiger partial charge on any atom is 0.166 e. The lowest BCUT2D eigenvalue weighted by Gasteiger charge is -2.23. The van der Waals surface area contributed by atoms with Crippen molar-refractivity contribution < 1.29 is 4.79 Å². The van der Waals surface area contributed by atoms with Gasteiger partial charge in [-0.1, -0.05) is 23.8 Å². The Bertz CT molecular complexity index is 865. The summed E-state index contributed by atoms with van der Waals surface area (Å²) in [6.45, 7) is 2.03. The summed E-state index contributed by atoms with van der Waals surface area (Å²) >= 11 is 7.90. The zero-order chi connectivity index (χ0) is 16.0. The molecular formula is C18H16ClN2OS. The van der Waals surface area contributed by atoms with Crippen molar-refractivity contribution in [3.63, 3.8) is 0 Å². The smallest absolute Gasteiger partial charge is 0.166 e. The molecule has 0 saturated carbocycles. The van der Waals surface area contributed by atoms with Crippen LogP contribution in [0.5, 0.6) is 0 Å². The van der Waals surface area contributed by atoms with Crippen molar-refractivity contribution in [1.29, 1.82) is 0 Å². The van der Waals surface area contributed by atoms with Crippen LogP contribution in [0.1, 0.15) is 30.2 Å². The molecule has 2 heterocycles. The summed E-state index contributed by atoms with van der Waals surface area (Å²) in [7, 11) is 0. The Morgan fingerprint density at radius 3 is 3.09 bits per heavy atom. The second kappa shape index (κ2) is 5.84. The molecule has 4 rings (SSSR count). The van der Waals surface area contributed by atoms with Crippen molar-refractivity contribution in [1.82, 2.24) is 9.97 Å². The largest absolute Gasteiger partial charge is 0.294 e. The van der Waals surface area contributed by atoms with Crippen LogP contribution < -0.4 is 0 Å². The first-order valence-corrected chi connectivity index (χ1v) is 9.00. The van der Waals surface area contributed by atoms with Gasteiger partial charge in [0.25, 0.3) is 0 Å². The van der Waals surface area contributed by atoms with Gasteiger partial charge in [-0.2, -0.15) is 0 Å². The Balaban J connectivity index is 1.66. The van der Waals surface area contributed by atoms with Crippen LogP contribution in [0.4, 0.5) is 0 Å². The van der Waals surface area contributed by atoms with E-state index in [9.17, 15) is 4.79 Å². The van der Waals surface area contributed by atoms with E-state index in [-0.39, 0.29) is 11.7 Å². The number of aromatic nitrogens is 2. The highest BCUT2D eigenvalue weighted by Crippen LogP contribution is 2.40. The third kappa shape index (κ3) is 2.54. The predicted molar refractivity (Wildman–Crippen MR) is 93.7 cm³/mol. The standard InChI is InChI=1S/C18H16ClN2OS/c1-10-4-2-3-5-12(10)16(22)11-6-7-13-14(8-11)23-18-15(13)17(19)20-9-21-18/h3-5,9,11H,2,6-8H2,1H3/t11-/m1/s1. The number of aryl methyl sites for hydroxylation is 1. The molecule has 117 valence electrons. The Morgan fingerprint density at radius 1 is 1.39 bits per heavy atom. The lowest BCUT2D eigenvalue weighted by atomic mass is 9.80. The van der Waals surface area contributed by atoms with Gasteiger partial charge in [0.05, 0.1) is 5.39 Å². The first-order chi connectivity index (χ1) is 11.1. The molecule has 0 bridgehead atoms. The van der Waals surface area contributed by atoms with Crippen LogP contribution in [0.25, 0.3) is 10.2 Å². The van der Waals surface area contributed by atoms with Crippen molar-refractivity contribution in [2.75, 3.05) is 0 Å². The topological polar surface area (TPSA) is 42.9 Å². The molecule has 2 aliphatic rings. The van der Waals surface area contributed by atoms with Crippen molar-refractivity contribution in [3.05, 3.63) is 51.6 Å². The van der Waals surface area contributed by atoms with E-state index in [4.69, 9.17) is 11.6 Å². The molecule has 23 heavy (non-hydrogen) atoms. The number of Topliss-reactive ketones (excluding diaryl/α,β-unsaturated/α-hetero) is 1. The van der Waals surface area contributed by atoms with Crippen LogP contribution in [-0.4, -0.2) is 15.8 Å². The molecule has 2 aliphatic carbocycles. The minimum Gasteiger partial charge on any atom is -0.294 e. The molecule has 0 aliphatic heterocycles. The average Bonchev–Trinajstić information content (AvgIpc) is 2.93. The van der Waals surface area contributed by atoms with E-state index < -0.39 is 0 Å². The third-order valence-corrected chi connectivity index (χ3v) is 6.15. The number of carbonyl (C=O) groups is 1. The molecule has 0 unspecified atom stereocenters. The van der Waals surface area contributed by atoms with Gasteiger partial charge in [-0.15, -0.1) is 11.3 Å². The van der Waals surface area contributed by atoms with Crippen LogP contribution in [0.2, 0.25) is 5.15 Å². The highest BCUT2D eigenvalue weighted by Gasteiger charge is 2.30. The summed E-state index contributed by atoms with van der Waals surface area (Å²) in [6.07, 6.45) is 11.1. The zero-order valence-corrected chi connectivity index (χ0v) is 14.4. The molecule has 0 spiro atoms. The van der Waals surface area contributed by atoms with Gasteiger partial charge in [-0.3, -0.25) is 4.79 Å². The number of fused-ring (bicyclic) bond motifs is 3. The first-order valence-electron chi connectivity index (χ1n) is 7.80. The molecule has 0 fully saturated rings. The van der Waals surface area contributed by atoms with Gasteiger partial charge in [-0.05, 0) is 50.2 Å². The van der Waals surface area contributed by atoms with Gasteiger partial charge in [0.2, 0.25) is 0 Å². The highest BCUT2D eigenvalue weighted by molar-refractivity contribution is 7.19. The van der Waals surface area contributed by atoms with E-state index in [1.807, 2.05) is 13.0 Å². The minimum atomic E-state index is 0.0587. The van der Waals surface area contributed by atoms with Gasteiger partial charge in [-0.25, -0.2) is 9.97 Å². The second-order valence-corrected chi connectivity index (χ2v) is 7.53. The number of ketones is 1. The van der Waals surface area contributed by atoms with Gasteiger partial charge >= 0.3 is 0 Å². The fraction of sp³-hybridized carbons (Fsp3) is 0.333. The molecule has 0 aromatic carbocycles. The first kappa shape index (κ1) is 15.0. The number of thiophene rings is 1. The van der Waals surface area contributed by atoms with E-state index in [0.717, 1.165) is 47.0 Å². The molecule has 0 amide bonds.